The van der Waals surface area contributed by atoms with E-state index in [2.05, 4.69) is 10.4 Å². The van der Waals surface area contributed by atoms with Gasteiger partial charge in [0.15, 0.2) is 0 Å². The molecular weight excluding hydrogens is 323 g/mol. The Labute approximate surface area is 136 Å². The number of carbonyl (C=O) groups is 1. The second-order valence-electron chi connectivity index (χ2n) is 5.16. The number of nitrogens with one attached hydrogen (secondary N) is 1. The average molecular weight is 339 g/mol. The molecule has 0 aliphatic rings. The van der Waals surface area contributed by atoms with E-state index in [1.54, 1.807) is 0 Å². The second kappa shape index (κ2) is 7.29. The summed E-state index contributed by atoms with van der Waals surface area (Å²) in [5, 5.41) is 6.44. The van der Waals surface area contributed by atoms with Crippen molar-refractivity contribution >= 4 is 5.91 Å². The van der Waals surface area contributed by atoms with Crippen LogP contribution in [0.3, 0.4) is 0 Å². The molecule has 0 atom stereocenters. The fourth-order valence-corrected chi connectivity index (χ4v) is 2.07. The fourth-order valence-electron chi connectivity index (χ4n) is 2.07. The van der Waals surface area contributed by atoms with Crippen molar-refractivity contribution in [3.63, 3.8) is 0 Å². The maximum atomic E-state index is 12.7. The monoisotopic (exact) mass is 339 g/mol. The Morgan fingerprint density at radius 1 is 1.25 bits per heavy atom. The van der Waals surface area contributed by atoms with Crippen LogP contribution in [0.15, 0.2) is 41.2 Å². The molecule has 0 aliphatic heterocycles. The first-order valence-corrected chi connectivity index (χ1v) is 7.33. The highest BCUT2D eigenvalue weighted by atomic mass is 19.4. The molecule has 1 aromatic carbocycles. The van der Waals surface area contributed by atoms with Crippen LogP contribution < -0.4 is 10.9 Å². The average Bonchev–Trinajstić information content (AvgIpc) is 2.54. The van der Waals surface area contributed by atoms with Crippen LogP contribution in [0.4, 0.5) is 13.2 Å². The molecule has 24 heavy (non-hydrogen) atoms. The summed E-state index contributed by atoms with van der Waals surface area (Å²) in [6, 6.07) is 7.24. The number of aryl methyl sites for hydroxylation is 1. The van der Waals surface area contributed by atoms with Gasteiger partial charge in [0, 0.05) is 19.2 Å². The third-order valence-electron chi connectivity index (χ3n) is 3.24. The van der Waals surface area contributed by atoms with Crippen LogP contribution in [0.5, 0.6) is 0 Å². The summed E-state index contributed by atoms with van der Waals surface area (Å²) in [7, 11) is 0. The van der Waals surface area contributed by atoms with Gasteiger partial charge < -0.3 is 5.32 Å². The molecule has 128 valence electrons. The number of aromatic nitrogens is 2. The van der Waals surface area contributed by atoms with Gasteiger partial charge in [0.25, 0.3) is 11.5 Å². The summed E-state index contributed by atoms with van der Waals surface area (Å²) < 4.78 is 39.2. The number of hydrogen-bond donors (Lipinski definition) is 1. The summed E-state index contributed by atoms with van der Waals surface area (Å²) in [5.41, 5.74) is -0.731. The Kier molecular flexibility index (Phi) is 5.38. The van der Waals surface area contributed by atoms with Crippen LogP contribution in [0, 0.1) is 0 Å². The smallest absolute Gasteiger partial charge is 0.347 e. The molecular formula is C16H16F3N3O2. The van der Waals surface area contributed by atoms with Gasteiger partial charge in [-0.05, 0) is 30.2 Å². The minimum absolute atomic E-state index is 0.0371. The topological polar surface area (TPSA) is 64.0 Å². The maximum absolute atomic E-state index is 12.7. The predicted molar refractivity (Wildman–Crippen MR) is 81.4 cm³/mol. The van der Waals surface area contributed by atoms with E-state index in [0.29, 0.717) is 18.5 Å². The number of halogens is 3. The van der Waals surface area contributed by atoms with E-state index in [-0.39, 0.29) is 17.8 Å². The van der Waals surface area contributed by atoms with Gasteiger partial charge in [-0.1, -0.05) is 19.1 Å². The molecule has 0 unspecified atom stereocenters. The number of alkyl halides is 3. The first-order chi connectivity index (χ1) is 11.3. The molecule has 1 amide bonds. The van der Waals surface area contributed by atoms with Gasteiger partial charge in [-0.2, -0.15) is 18.3 Å². The molecule has 2 aromatic rings. The summed E-state index contributed by atoms with van der Waals surface area (Å²) in [6.07, 6.45) is -3.75. The zero-order valence-corrected chi connectivity index (χ0v) is 12.9. The summed E-state index contributed by atoms with van der Waals surface area (Å²) >= 11 is 0. The number of amides is 1. The fraction of sp³-hybridized carbons (Fsp3) is 0.312. The Morgan fingerprint density at radius 3 is 2.67 bits per heavy atom. The second-order valence-corrected chi connectivity index (χ2v) is 5.16. The molecule has 5 nitrogen and oxygen atoms in total. The van der Waals surface area contributed by atoms with E-state index in [9.17, 15) is 22.8 Å². The van der Waals surface area contributed by atoms with Gasteiger partial charge in [-0.25, -0.2) is 4.68 Å². The van der Waals surface area contributed by atoms with Gasteiger partial charge in [0.2, 0.25) is 0 Å². The predicted octanol–water partition coefficient (Wildman–Crippen LogP) is 2.60. The first kappa shape index (κ1) is 17.7. The summed E-state index contributed by atoms with van der Waals surface area (Å²) in [4.78, 5) is 23.6. The highest BCUT2D eigenvalue weighted by molar-refractivity contribution is 5.91. The van der Waals surface area contributed by atoms with Gasteiger partial charge in [0.05, 0.1) is 5.56 Å². The van der Waals surface area contributed by atoms with Crippen LogP contribution in [-0.2, 0) is 19.3 Å². The highest BCUT2D eigenvalue weighted by Crippen LogP contribution is 2.29. The zero-order valence-electron chi connectivity index (χ0n) is 12.9. The lowest BCUT2D eigenvalue weighted by molar-refractivity contribution is -0.137. The van der Waals surface area contributed by atoms with E-state index in [1.165, 1.54) is 28.9 Å². The van der Waals surface area contributed by atoms with Crippen molar-refractivity contribution in [1.29, 1.82) is 0 Å². The summed E-state index contributed by atoms with van der Waals surface area (Å²) in [6.45, 7) is 2.18. The number of benzene rings is 1. The summed E-state index contributed by atoms with van der Waals surface area (Å²) in [5.74, 6) is -0.558. The molecule has 0 bridgehead atoms. The molecule has 0 saturated heterocycles. The quantitative estimate of drug-likeness (QED) is 0.911. The molecule has 1 aromatic heterocycles. The number of rotatable bonds is 5. The van der Waals surface area contributed by atoms with Crippen LogP contribution >= 0.6 is 0 Å². The minimum Gasteiger partial charge on any atom is -0.347 e. The molecule has 0 radical (unpaired) electrons. The van der Waals surface area contributed by atoms with E-state index < -0.39 is 17.6 Å². The maximum Gasteiger partial charge on any atom is 0.416 e. The zero-order chi connectivity index (χ0) is 17.7. The van der Waals surface area contributed by atoms with Crippen LogP contribution in [-0.4, -0.2) is 15.7 Å². The lowest BCUT2D eigenvalue weighted by Crippen LogP contribution is -2.29. The van der Waals surface area contributed by atoms with Gasteiger partial charge in [-0.3, -0.25) is 9.59 Å². The molecule has 8 heteroatoms. The number of hydrogen-bond acceptors (Lipinski definition) is 3. The molecule has 1 heterocycles. The van der Waals surface area contributed by atoms with Crippen LogP contribution in [0.2, 0.25) is 0 Å². The third-order valence-corrected chi connectivity index (χ3v) is 3.24. The van der Waals surface area contributed by atoms with E-state index in [1.807, 2.05) is 6.92 Å². The Bertz CT molecular complexity index is 785. The molecule has 1 N–H and O–H groups in total. The van der Waals surface area contributed by atoms with Crippen molar-refractivity contribution in [3.8, 4) is 0 Å². The van der Waals surface area contributed by atoms with E-state index in [4.69, 9.17) is 0 Å². The van der Waals surface area contributed by atoms with Crippen molar-refractivity contribution in [2.75, 3.05) is 0 Å². The molecule has 0 saturated carbocycles. The van der Waals surface area contributed by atoms with Gasteiger partial charge >= 0.3 is 6.18 Å². The third kappa shape index (κ3) is 4.43. The van der Waals surface area contributed by atoms with Crippen molar-refractivity contribution in [2.45, 2.75) is 32.6 Å². The Hall–Kier alpha value is -2.64. The minimum atomic E-state index is -4.43. The normalized spacial score (nSPS) is 11.3. The molecule has 0 aliphatic carbocycles. The number of carbonyl (C=O) groups excluding carboxylic acids is 1. The Morgan fingerprint density at radius 2 is 2.00 bits per heavy atom. The highest BCUT2D eigenvalue weighted by Gasteiger charge is 2.30. The first-order valence-electron chi connectivity index (χ1n) is 7.33. The van der Waals surface area contributed by atoms with Crippen molar-refractivity contribution < 1.29 is 18.0 Å². The number of nitrogens with zero attached hydrogens (tertiary/aromatic N) is 2. The van der Waals surface area contributed by atoms with E-state index in [0.717, 1.165) is 12.1 Å². The van der Waals surface area contributed by atoms with Crippen LogP contribution in [0.1, 0.15) is 35.0 Å². The standard InChI is InChI=1S/C16H16F3N3O2/c1-2-8-22-14(23)7-6-13(21-22)15(24)20-10-11-4-3-5-12(9-11)16(17,18)19/h3-7,9H,2,8,10H2,1H3,(H,20,24). The van der Waals surface area contributed by atoms with Gasteiger partial charge in [0.1, 0.15) is 5.69 Å². The van der Waals surface area contributed by atoms with Crippen molar-refractivity contribution in [2.24, 2.45) is 0 Å². The SMILES string of the molecule is CCCn1nc(C(=O)NCc2cccc(C(F)(F)F)c2)ccc1=O. The van der Waals surface area contributed by atoms with E-state index >= 15 is 0 Å². The van der Waals surface area contributed by atoms with Crippen LogP contribution in [0.25, 0.3) is 0 Å². The largest absolute Gasteiger partial charge is 0.416 e. The molecule has 2 rings (SSSR count). The lowest BCUT2D eigenvalue weighted by atomic mass is 10.1. The molecule has 0 spiro atoms. The van der Waals surface area contributed by atoms with Crippen molar-refractivity contribution in [1.82, 2.24) is 15.1 Å². The lowest BCUT2D eigenvalue weighted by Gasteiger charge is -2.10. The Balaban J connectivity index is 2.08. The molecule has 0 fully saturated rings. The van der Waals surface area contributed by atoms with Crippen molar-refractivity contribution in [3.05, 3.63) is 63.6 Å². The van der Waals surface area contributed by atoms with Gasteiger partial charge in [-0.15, -0.1) is 0 Å².